The summed E-state index contributed by atoms with van der Waals surface area (Å²) in [6, 6.07) is 8.01. The number of piperidine rings is 1. The van der Waals surface area contributed by atoms with Crippen molar-refractivity contribution >= 4 is 17.6 Å². The van der Waals surface area contributed by atoms with Crippen molar-refractivity contribution in [3.8, 4) is 0 Å². The summed E-state index contributed by atoms with van der Waals surface area (Å²) in [7, 11) is 1.84. The van der Waals surface area contributed by atoms with E-state index in [9.17, 15) is 9.59 Å². The highest BCUT2D eigenvalue weighted by Crippen LogP contribution is 2.47. The zero-order valence-electron chi connectivity index (χ0n) is 13.3. The number of likely N-dealkylation sites (tertiary alicyclic amines) is 1. The monoisotopic (exact) mass is 301 g/mol. The molecule has 2 heterocycles. The van der Waals surface area contributed by atoms with Gasteiger partial charge in [0.05, 0.1) is 5.41 Å². The van der Waals surface area contributed by atoms with Crippen molar-refractivity contribution < 1.29 is 9.59 Å². The van der Waals surface area contributed by atoms with Crippen LogP contribution in [0.3, 0.4) is 0 Å². The lowest BCUT2D eigenvalue weighted by molar-refractivity contribution is -0.124. The third-order valence-electron chi connectivity index (χ3n) is 4.93. The molecule has 1 aromatic carbocycles. The van der Waals surface area contributed by atoms with Gasteiger partial charge in [-0.3, -0.25) is 4.79 Å². The van der Waals surface area contributed by atoms with Crippen LogP contribution in [0.2, 0.25) is 0 Å². The number of rotatable bonds is 2. The molecule has 22 heavy (non-hydrogen) atoms. The van der Waals surface area contributed by atoms with Crippen molar-refractivity contribution in [2.75, 3.05) is 31.6 Å². The summed E-state index contributed by atoms with van der Waals surface area (Å²) in [4.78, 5) is 28.5. The van der Waals surface area contributed by atoms with Crippen molar-refractivity contribution in [2.24, 2.45) is 0 Å². The zero-order chi connectivity index (χ0) is 15.7. The minimum absolute atomic E-state index is 0.0104. The summed E-state index contributed by atoms with van der Waals surface area (Å²) in [5.41, 5.74) is 1.69. The Hall–Kier alpha value is -2.04. The van der Waals surface area contributed by atoms with Crippen LogP contribution in [0.5, 0.6) is 0 Å². The van der Waals surface area contributed by atoms with Gasteiger partial charge in [0.1, 0.15) is 0 Å². The number of hydrogen-bond donors (Lipinski definition) is 1. The van der Waals surface area contributed by atoms with E-state index >= 15 is 0 Å². The van der Waals surface area contributed by atoms with E-state index in [0.29, 0.717) is 32.5 Å². The molecule has 118 valence electrons. The van der Waals surface area contributed by atoms with Crippen LogP contribution in [0.4, 0.5) is 10.5 Å². The lowest BCUT2D eigenvalue weighted by atomic mass is 9.73. The normalized spacial score (nSPS) is 19.5. The van der Waals surface area contributed by atoms with Crippen molar-refractivity contribution in [3.05, 3.63) is 29.8 Å². The Morgan fingerprint density at radius 2 is 1.95 bits per heavy atom. The fourth-order valence-corrected chi connectivity index (χ4v) is 3.63. The molecule has 0 radical (unpaired) electrons. The first-order valence-corrected chi connectivity index (χ1v) is 8.00. The van der Waals surface area contributed by atoms with Crippen molar-refractivity contribution in [3.63, 3.8) is 0 Å². The summed E-state index contributed by atoms with van der Waals surface area (Å²) in [6.45, 7) is 3.99. The SMILES string of the molecule is CCCNC(=O)N1CCC2(CC1)C(=O)N(C)c1ccccc12. The number of likely N-dealkylation sites (N-methyl/N-ethyl adjacent to an activating group) is 1. The molecule has 0 aromatic heterocycles. The van der Waals surface area contributed by atoms with Gasteiger partial charge in [-0.05, 0) is 30.9 Å². The molecule has 1 saturated heterocycles. The van der Waals surface area contributed by atoms with Gasteiger partial charge in [0.2, 0.25) is 5.91 Å². The third-order valence-corrected chi connectivity index (χ3v) is 4.93. The lowest BCUT2D eigenvalue weighted by Crippen LogP contribution is -2.51. The first-order valence-electron chi connectivity index (χ1n) is 8.00. The van der Waals surface area contributed by atoms with E-state index in [1.165, 1.54) is 0 Å². The van der Waals surface area contributed by atoms with Gasteiger partial charge in [-0.15, -0.1) is 0 Å². The molecule has 0 unspecified atom stereocenters. The van der Waals surface area contributed by atoms with Gasteiger partial charge >= 0.3 is 6.03 Å². The predicted molar refractivity (Wildman–Crippen MR) is 86.0 cm³/mol. The number of nitrogens with zero attached hydrogens (tertiary/aromatic N) is 2. The van der Waals surface area contributed by atoms with Crippen LogP contribution in [0.25, 0.3) is 0 Å². The van der Waals surface area contributed by atoms with Crippen LogP contribution in [-0.2, 0) is 10.2 Å². The number of fused-ring (bicyclic) bond motifs is 2. The molecule has 2 aliphatic rings. The second-order valence-electron chi connectivity index (χ2n) is 6.18. The molecule has 5 nitrogen and oxygen atoms in total. The molecule has 0 atom stereocenters. The van der Waals surface area contributed by atoms with Gasteiger partial charge in [-0.2, -0.15) is 0 Å². The number of amides is 3. The van der Waals surface area contributed by atoms with Gasteiger partial charge in [-0.25, -0.2) is 4.79 Å². The van der Waals surface area contributed by atoms with E-state index in [0.717, 1.165) is 17.7 Å². The maximum absolute atomic E-state index is 12.8. The van der Waals surface area contributed by atoms with Crippen LogP contribution >= 0.6 is 0 Å². The largest absolute Gasteiger partial charge is 0.338 e. The van der Waals surface area contributed by atoms with Crippen LogP contribution < -0.4 is 10.2 Å². The predicted octanol–water partition coefficient (Wildman–Crippen LogP) is 2.12. The van der Waals surface area contributed by atoms with Gasteiger partial charge < -0.3 is 15.1 Å². The summed E-state index contributed by atoms with van der Waals surface area (Å²) >= 11 is 0. The highest BCUT2D eigenvalue weighted by molar-refractivity contribution is 6.07. The van der Waals surface area contributed by atoms with E-state index in [2.05, 4.69) is 11.4 Å². The lowest BCUT2D eigenvalue weighted by Gasteiger charge is -2.38. The Kier molecular flexibility index (Phi) is 3.81. The molecule has 1 N–H and O–H groups in total. The topological polar surface area (TPSA) is 52.7 Å². The Labute approximate surface area is 131 Å². The Balaban J connectivity index is 1.78. The number of carbonyl (C=O) groups is 2. The number of anilines is 1. The van der Waals surface area contributed by atoms with Gasteiger partial charge in [0, 0.05) is 32.4 Å². The molecule has 3 rings (SSSR count). The van der Waals surface area contributed by atoms with Crippen LogP contribution in [0, 0.1) is 0 Å². The first-order chi connectivity index (χ1) is 10.6. The van der Waals surface area contributed by atoms with E-state index < -0.39 is 5.41 Å². The Morgan fingerprint density at radius 1 is 1.27 bits per heavy atom. The molecule has 1 spiro atoms. The second-order valence-corrected chi connectivity index (χ2v) is 6.18. The Bertz CT molecular complexity index is 591. The van der Waals surface area contributed by atoms with Crippen molar-refractivity contribution in [2.45, 2.75) is 31.6 Å². The van der Waals surface area contributed by atoms with Gasteiger partial charge in [-0.1, -0.05) is 25.1 Å². The van der Waals surface area contributed by atoms with Crippen molar-refractivity contribution in [1.29, 1.82) is 0 Å². The van der Waals surface area contributed by atoms with Gasteiger partial charge in [0.15, 0.2) is 0 Å². The fourth-order valence-electron chi connectivity index (χ4n) is 3.63. The molecule has 1 aromatic rings. The van der Waals surface area contributed by atoms with E-state index in [1.54, 1.807) is 4.90 Å². The first kappa shape index (κ1) is 14.9. The summed E-state index contributed by atoms with van der Waals surface area (Å²) in [6.07, 6.45) is 2.33. The van der Waals surface area contributed by atoms with Gasteiger partial charge in [0.25, 0.3) is 0 Å². The number of benzene rings is 1. The number of urea groups is 1. The molecule has 5 heteroatoms. The van der Waals surface area contributed by atoms with Crippen LogP contribution in [-0.4, -0.2) is 43.5 Å². The number of nitrogens with one attached hydrogen (secondary N) is 1. The molecule has 0 aliphatic carbocycles. The Morgan fingerprint density at radius 3 is 2.64 bits per heavy atom. The minimum atomic E-state index is -0.438. The summed E-state index contributed by atoms with van der Waals surface area (Å²) in [5, 5.41) is 2.91. The number of hydrogen-bond acceptors (Lipinski definition) is 2. The number of para-hydroxylation sites is 1. The maximum atomic E-state index is 12.8. The van der Waals surface area contributed by atoms with E-state index in [4.69, 9.17) is 0 Å². The molecular weight excluding hydrogens is 278 g/mol. The van der Waals surface area contributed by atoms with Crippen molar-refractivity contribution in [1.82, 2.24) is 10.2 Å². The second kappa shape index (κ2) is 5.63. The zero-order valence-corrected chi connectivity index (χ0v) is 13.3. The quantitative estimate of drug-likeness (QED) is 0.909. The summed E-state index contributed by atoms with van der Waals surface area (Å²) in [5.74, 6) is 0.169. The average Bonchev–Trinajstić information content (AvgIpc) is 2.76. The number of carbonyl (C=O) groups excluding carboxylic acids is 2. The smallest absolute Gasteiger partial charge is 0.317 e. The van der Waals surface area contributed by atoms with Crippen LogP contribution in [0.15, 0.2) is 24.3 Å². The van der Waals surface area contributed by atoms with E-state index in [-0.39, 0.29) is 11.9 Å². The highest BCUT2D eigenvalue weighted by Gasteiger charge is 2.51. The molecule has 1 fully saturated rings. The third kappa shape index (κ3) is 2.16. The molecule has 0 bridgehead atoms. The molecular formula is C17H23N3O2. The van der Waals surface area contributed by atoms with E-state index in [1.807, 2.05) is 37.1 Å². The summed E-state index contributed by atoms with van der Waals surface area (Å²) < 4.78 is 0. The molecule has 3 amide bonds. The molecule has 2 aliphatic heterocycles. The highest BCUT2D eigenvalue weighted by atomic mass is 16.2. The average molecular weight is 301 g/mol. The standard InChI is InChI=1S/C17H23N3O2/c1-3-10-18-16(22)20-11-8-17(9-12-20)13-6-4-5-7-14(13)19(2)15(17)21/h4-7H,3,8-12H2,1-2H3,(H,18,22). The minimum Gasteiger partial charge on any atom is -0.338 e. The van der Waals surface area contributed by atoms with Crippen LogP contribution in [0.1, 0.15) is 31.7 Å². The maximum Gasteiger partial charge on any atom is 0.317 e. The molecule has 0 saturated carbocycles. The fraction of sp³-hybridized carbons (Fsp3) is 0.529.